The summed E-state index contributed by atoms with van der Waals surface area (Å²) >= 11 is 0. The van der Waals surface area contributed by atoms with E-state index in [0.29, 0.717) is 24.0 Å². The van der Waals surface area contributed by atoms with Crippen LogP contribution in [0.15, 0.2) is 97.1 Å². The molecule has 5 rings (SSSR count). The zero-order valence-corrected chi connectivity index (χ0v) is 53.3. The fourth-order valence-corrected chi connectivity index (χ4v) is 10.5. The highest BCUT2D eigenvalue weighted by Gasteiger charge is 2.43. The molecule has 0 aliphatic carbocycles. The van der Waals surface area contributed by atoms with Gasteiger partial charge in [-0.1, -0.05) is 128 Å². The molecule has 4 aromatic rings. The summed E-state index contributed by atoms with van der Waals surface area (Å²) in [7, 11) is 8.80. The Kier molecular flexibility index (Phi) is 25.8. The van der Waals surface area contributed by atoms with Crippen LogP contribution in [0.25, 0.3) is 0 Å². The molecule has 468 valence electrons. The molecular formula is C68H92N4O14. The van der Waals surface area contributed by atoms with Crippen LogP contribution in [0.5, 0.6) is 11.5 Å². The Labute approximate surface area is 509 Å². The standard InChI is InChI=1S/C68H92N4O14/c1-41(2)31-55-65(77)83-45(9)61(73)69(11)58(34-44(7)8)68(80)86-60(40-50-29-25-48(26-30-50)36-52-20-18-22-54(38-52)82-16)64(76)72(14)56(32-42(3)4)66(78)84-46(10)62(74)70(12)57(33-43(5)6)67(79)85-59(63(75)71(55)13)39-49-27-23-47(24-28-49)35-51-19-17-21-53(37-51)81-15/h17-30,37-38,41-46,55-60H,31-36,39-40H2,1-16H3/t45-,46-,55+,56+,57+,58+,59-,60-/m1/s1. The zero-order chi connectivity index (χ0) is 63.7. The van der Waals surface area contributed by atoms with E-state index in [1.165, 1.54) is 51.8 Å². The average Bonchev–Trinajstić information content (AvgIpc) is 2.62. The van der Waals surface area contributed by atoms with Gasteiger partial charge in [-0.15, -0.1) is 0 Å². The van der Waals surface area contributed by atoms with Gasteiger partial charge in [-0.3, -0.25) is 19.2 Å². The maximum atomic E-state index is 15.1. The number of ether oxygens (including phenoxy) is 6. The van der Waals surface area contributed by atoms with Crippen LogP contribution in [0.4, 0.5) is 0 Å². The van der Waals surface area contributed by atoms with Gasteiger partial charge < -0.3 is 48.0 Å². The predicted molar refractivity (Wildman–Crippen MR) is 327 cm³/mol. The monoisotopic (exact) mass is 1190 g/mol. The minimum Gasteiger partial charge on any atom is -0.497 e. The Morgan fingerprint density at radius 3 is 0.919 bits per heavy atom. The lowest BCUT2D eigenvalue weighted by atomic mass is 9.99. The molecule has 0 aromatic heterocycles. The maximum Gasteiger partial charge on any atom is 0.329 e. The topological polar surface area (TPSA) is 205 Å². The third-order valence-corrected chi connectivity index (χ3v) is 15.4. The molecule has 0 radical (unpaired) electrons. The van der Waals surface area contributed by atoms with Crippen molar-refractivity contribution in [2.45, 2.75) is 169 Å². The molecule has 18 nitrogen and oxygen atoms in total. The Morgan fingerprint density at radius 2 is 0.640 bits per heavy atom. The third kappa shape index (κ3) is 19.6. The van der Waals surface area contributed by atoms with E-state index in [9.17, 15) is 28.8 Å². The van der Waals surface area contributed by atoms with Crippen molar-refractivity contribution in [3.8, 4) is 11.5 Å². The first kappa shape index (κ1) is 69.0. The lowest BCUT2D eigenvalue weighted by molar-refractivity contribution is -0.176. The first-order valence-corrected chi connectivity index (χ1v) is 29.9. The molecule has 0 saturated carbocycles. The number of benzene rings is 4. The summed E-state index contributed by atoms with van der Waals surface area (Å²) < 4.78 is 35.2. The molecule has 0 unspecified atom stereocenters. The first-order chi connectivity index (χ1) is 40.6. The fraction of sp³-hybridized carbons (Fsp3) is 0.529. The Balaban J connectivity index is 1.58. The van der Waals surface area contributed by atoms with Crippen LogP contribution in [0.2, 0.25) is 0 Å². The Bertz CT molecular complexity index is 2730. The molecule has 0 bridgehead atoms. The minimum atomic E-state index is -1.54. The third-order valence-electron chi connectivity index (χ3n) is 15.4. The molecule has 1 aliphatic heterocycles. The van der Waals surface area contributed by atoms with E-state index in [-0.39, 0.29) is 62.2 Å². The van der Waals surface area contributed by atoms with Gasteiger partial charge in [-0.2, -0.15) is 0 Å². The summed E-state index contributed by atoms with van der Waals surface area (Å²) in [6.45, 7) is 17.6. The van der Waals surface area contributed by atoms with Crippen LogP contribution in [0, 0.1) is 23.7 Å². The van der Waals surface area contributed by atoms with Crippen molar-refractivity contribution >= 4 is 47.5 Å². The van der Waals surface area contributed by atoms with Gasteiger partial charge in [-0.05, 0) is 134 Å². The molecule has 1 heterocycles. The van der Waals surface area contributed by atoms with Crippen LogP contribution in [0.1, 0.15) is 128 Å². The number of carbonyl (C=O) groups excluding carboxylic acids is 8. The van der Waals surface area contributed by atoms with Crippen LogP contribution in [-0.2, 0) is 83.0 Å². The molecule has 4 aromatic carbocycles. The van der Waals surface area contributed by atoms with Gasteiger partial charge in [0, 0.05) is 41.0 Å². The summed E-state index contributed by atoms with van der Waals surface area (Å²) in [5.74, 6) is -6.01. The average molecular weight is 1190 g/mol. The van der Waals surface area contributed by atoms with Gasteiger partial charge in [0.15, 0.2) is 24.4 Å². The molecule has 86 heavy (non-hydrogen) atoms. The number of hydrogen-bond donors (Lipinski definition) is 0. The molecule has 4 amide bonds. The summed E-state index contributed by atoms with van der Waals surface area (Å²) in [6, 6.07) is 25.2. The number of carbonyl (C=O) groups is 8. The van der Waals surface area contributed by atoms with E-state index in [0.717, 1.165) is 43.6 Å². The van der Waals surface area contributed by atoms with Crippen molar-refractivity contribution in [1.29, 1.82) is 0 Å². The molecule has 1 saturated heterocycles. The largest absolute Gasteiger partial charge is 0.497 e. The quantitative estimate of drug-likeness (QED) is 0.0675. The van der Waals surface area contributed by atoms with Gasteiger partial charge in [0.1, 0.15) is 35.7 Å². The van der Waals surface area contributed by atoms with Gasteiger partial charge >= 0.3 is 23.9 Å². The van der Waals surface area contributed by atoms with Crippen molar-refractivity contribution in [3.63, 3.8) is 0 Å². The van der Waals surface area contributed by atoms with Crippen molar-refractivity contribution in [1.82, 2.24) is 19.6 Å². The second kappa shape index (κ2) is 32.1. The highest BCUT2D eigenvalue weighted by atomic mass is 16.6. The molecule has 1 aliphatic rings. The predicted octanol–water partition coefficient (Wildman–Crippen LogP) is 8.86. The zero-order valence-electron chi connectivity index (χ0n) is 53.3. The van der Waals surface area contributed by atoms with Gasteiger partial charge in [0.05, 0.1) is 14.2 Å². The lowest BCUT2D eigenvalue weighted by Gasteiger charge is -2.35. The van der Waals surface area contributed by atoms with Crippen LogP contribution < -0.4 is 9.47 Å². The first-order valence-electron chi connectivity index (χ1n) is 29.9. The second-order valence-corrected chi connectivity index (χ2v) is 24.5. The smallest absolute Gasteiger partial charge is 0.329 e. The number of cyclic esters (lactones) is 4. The van der Waals surface area contributed by atoms with E-state index < -0.39 is 96.1 Å². The van der Waals surface area contributed by atoms with E-state index in [1.807, 2.05) is 152 Å². The minimum absolute atomic E-state index is 0.0798. The van der Waals surface area contributed by atoms with Gasteiger partial charge in [0.2, 0.25) is 0 Å². The van der Waals surface area contributed by atoms with E-state index >= 15 is 9.59 Å². The summed E-state index contributed by atoms with van der Waals surface area (Å²) in [5, 5.41) is 0. The molecule has 0 N–H and O–H groups in total. The highest BCUT2D eigenvalue weighted by molar-refractivity contribution is 5.94. The number of rotatable bonds is 18. The number of likely N-dealkylation sites (N-methyl/N-ethyl adjacent to an activating group) is 4. The number of methoxy groups -OCH3 is 2. The van der Waals surface area contributed by atoms with Gasteiger partial charge in [-0.25, -0.2) is 19.2 Å². The number of esters is 4. The van der Waals surface area contributed by atoms with Crippen molar-refractivity contribution in [2.75, 3.05) is 42.4 Å². The van der Waals surface area contributed by atoms with Crippen LogP contribution in [0.3, 0.4) is 0 Å². The van der Waals surface area contributed by atoms with Crippen molar-refractivity contribution in [2.24, 2.45) is 23.7 Å². The van der Waals surface area contributed by atoms with Crippen LogP contribution in [-0.4, -0.2) is 158 Å². The number of nitrogens with zero attached hydrogens (tertiary/aromatic N) is 4. The van der Waals surface area contributed by atoms with Gasteiger partial charge in [0.25, 0.3) is 23.6 Å². The summed E-state index contributed by atoms with van der Waals surface area (Å²) in [5.41, 5.74) is 5.19. The van der Waals surface area contributed by atoms with E-state index in [2.05, 4.69) is 0 Å². The summed E-state index contributed by atoms with van der Waals surface area (Å²) in [4.78, 5) is 123. The molecule has 1 fully saturated rings. The fourth-order valence-electron chi connectivity index (χ4n) is 10.5. The lowest BCUT2D eigenvalue weighted by Crippen LogP contribution is -2.55. The van der Waals surface area contributed by atoms with Crippen LogP contribution >= 0.6 is 0 Å². The Hall–Kier alpha value is -7.76. The van der Waals surface area contributed by atoms with Crippen molar-refractivity contribution in [3.05, 3.63) is 130 Å². The number of amides is 4. The highest BCUT2D eigenvalue weighted by Crippen LogP contribution is 2.26. The van der Waals surface area contributed by atoms with E-state index in [4.69, 9.17) is 28.4 Å². The SMILES string of the molecule is COc1cccc(Cc2ccc(C[C@H]3OC(=O)[C@H](CC(C)C)N(C)C(=O)[C@@H](C)OC(=O)[C@H](CC(C)C)N(C)C(=O)[C@@H](Cc4ccc(Cc5cccc(OC)c5)cc4)OC(=O)[C@H](CC(C)C)N(C)C(=O)[C@@H](C)OC(=O)[C@H](CC(C)C)N(C)C3=O)cc2)c1. The van der Waals surface area contributed by atoms with Crippen molar-refractivity contribution < 1.29 is 66.8 Å². The molecule has 0 spiro atoms. The molecule has 18 heteroatoms. The normalized spacial score (nSPS) is 22.3. The number of hydrogen-bond acceptors (Lipinski definition) is 14. The second-order valence-electron chi connectivity index (χ2n) is 24.5. The maximum absolute atomic E-state index is 15.1. The molecular weight excluding hydrogens is 1100 g/mol. The molecule has 8 atom stereocenters. The Morgan fingerprint density at radius 1 is 0.372 bits per heavy atom. The van der Waals surface area contributed by atoms with E-state index in [1.54, 1.807) is 14.2 Å². The summed E-state index contributed by atoms with van der Waals surface area (Å²) in [6.07, 6.45) is -4.84.